The van der Waals surface area contributed by atoms with Gasteiger partial charge in [0.25, 0.3) is 0 Å². The molecule has 0 heterocycles. The maximum atomic E-state index is 5.13. The summed E-state index contributed by atoms with van der Waals surface area (Å²) >= 11 is 0. The molecule has 1 nitrogen and oxygen atoms in total. The van der Waals surface area contributed by atoms with Crippen LogP contribution in [-0.4, -0.2) is 7.11 Å². The Morgan fingerprint density at radius 3 is 2.47 bits per heavy atom. The van der Waals surface area contributed by atoms with Gasteiger partial charge in [0, 0.05) is 0 Å². The lowest BCUT2D eigenvalue weighted by molar-refractivity contribution is 0.414. The van der Waals surface area contributed by atoms with E-state index in [0.717, 1.165) is 18.6 Å². The molecule has 1 rings (SSSR count). The number of benzene rings is 1. The van der Waals surface area contributed by atoms with E-state index in [1.807, 2.05) is 12.1 Å². The van der Waals surface area contributed by atoms with E-state index in [-0.39, 0.29) is 0 Å². The van der Waals surface area contributed by atoms with Crippen LogP contribution in [0.15, 0.2) is 36.4 Å². The minimum Gasteiger partial charge on any atom is -0.497 e. The Morgan fingerprint density at radius 2 is 1.93 bits per heavy atom. The molecule has 0 saturated carbocycles. The molecule has 82 valence electrons. The number of allylic oxidation sites excluding steroid dienone is 2. The maximum Gasteiger partial charge on any atom is 0.118 e. The monoisotopic (exact) mass is 204 g/mol. The second-order valence-electron chi connectivity index (χ2n) is 3.87. The minimum absolute atomic E-state index is 0.610. The van der Waals surface area contributed by atoms with E-state index in [0.29, 0.717) is 5.92 Å². The maximum absolute atomic E-state index is 5.13. The molecule has 0 aliphatic heterocycles. The Morgan fingerprint density at radius 1 is 1.27 bits per heavy atom. The standard InChI is InChI=1S/C14H20O/c1-4-5-6-12(2)11-13-7-9-14(15-3)10-8-13/h5-10,12H,4,11H2,1-3H3/b6-5-. The molecule has 1 unspecified atom stereocenters. The first-order chi connectivity index (χ1) is 7.26. The quantitative estimate of drug-likeness (QED) is 0.662. The Hall–Kier alpha value is -1.24. The molecule has 0 radical (unpaired) electrons. The molecular weight excluding hydrogens is 184 g/mol. The molecule has 1 aromatic carbocycles. The van der Waals surface area contributed by atoms with Gasteiger partial charge in [-0.3, -0.25) is 0 Å². The van der Waals surface area contributed by atoms with Crippen LogP contribution in [0.3, 0.4) is 0 Å². The van der Waals surface area contributed by atoms with Gasteiger partial charge in [0.1, 0.15) is 5.75 Å². The fraction of sp³-hybridized carbons (Fsp3) is 0.429. The summed E-state index contributed by atoms with van der Waals surface area (Å²) in [5.74, 6) is 1.54. The van der Waals surface area contributed by atoms with Crippen LogP contribution in [0.25, 0.3) is 0 Å². The number of rotatable bonds is 5. The summed E-state index contributed by atoms with van der Waals surface area (Å²) in [7, 11) is 1.70. The van der Waals surface area contributed by atoms with Crippen molar-refractivity contribution in [2.45, 2.75) is 26.7 Å². The third kappa shape index (κ3) is 4.20. The van der Waals surface area contributed by atoms with Crippen molar-refractivity contribution in [1.29, 1.82) is 0 Å². The van der Waals surface area contributed by atoms with E-state index >= 15 is 0 Å². The zero-order valence-electron chi connectivity index (χ0n) is 9.86. The van der Waals surface area contributed by atoms with Gasteiger partial charge in [0.15, 0.2) is 0 Å². The Bertz CT molecular complexity index is 298. The summed E-state index contributed by atoms with van der Waals surface area (Å²) < 4.78 is 5.13. The molecule has 0 amide bonds. The molecule has 0 aromatic heterocycles. The third-order valence-corrected chi connectivity index (χ3v) is 2.42. The van der Waals surface area contributed by atoms with Gasteiger partial charge in [0.05, 0.1) is 7.11 Å². The van der Waals surface area contributed by atoms with Crippen molar-refractivity contribution < 1.29 is 4.74 Å². The topological polar surface area (TPSA) is 9.23 Å². The number of methoxy groups -OCH3 is 1. The smallest absolute Gasteiger partial charge is 0.118 e. The highest BCUT2D eigenvalue weighted by Gasteiger charge is 1.99. The normalized spacial score (nSPS) is 13.0. The molecule has 1 aromatic rings. The van der Waals surface area contributed by atoms with Crippen LogP contribution in [-0.2, 0) is 6.42 Å². The second-order valence-corrected chi connectivity index (χ2v) is 3.87. The lowest BCUT2D eigenvalue weighted by Gasteiger charge is -2.07. The van der Waals surface area contributed by atoms with Gasteiger partial charge in [-0.15, -0.1) is 0 Å². The van der Waals surface area contributed by atoms with Gasteiger partial charge >= 0.3 is 0 Å². The molecule has 0 bridgehead atoms. The van der Waals surface area contributed by atoms with Crippen molar-refractivity contribution in [1.82, 2.24) is 0 Å². The molecule has 0 aliphatic carbocycles. The highest BCUT2D eigenvalue weighted by Crippen LogP contribution is 2.15. The zero-order valence-corrected chi connectivity index (χ0v) is 9.86. The summed E-state index contributed by atoms with van der Waals surface area (Å²) in [5, 5.41) is 0. The first-order valence-corrected chi connectivity index (χ1v) is 5.55. The van der Waals surface area contributed by atoms with Crippen LogP contribution in [0.5, 0.6) is 5.75 Å². The van der Waals surface area contributed by atoms with E-state index in [1.165, 1.54) is 5.56 Å². The summed E-state index contributed by atoms with van der Waals surface area (Å²) in [6, 6.07) is 8.31. The van der Waals surface area contributed by atoms with Gasteiger partial charge in [-0.25, -0.2) is 0 Å². The van der Waals surface area contributed by atoms with E-state index in [9.17, 15) is 0 Å². The van der Waals surface area contributed by atoms with Crippen LogP contribution in [0.1, 0.15) is 25.8 Å². The summed E-state index contributed by atoms with van der Waals surface area (Å²) in [4.78, 5) is 0. The highest BCUT2D eigenvalue weighted by atomic mass is 16.5. The van der Waals surface area contributed by atoms with Crippen molar-refractivity contribution in [3.63, 3.8) is 0 Å². The zero-order chi connectivity index (χ0) is 11.1. The second kappa shape index (κ2) is 6.28. The summed E-state index contributed by atoms with van der Waals surface area (Å²) in [6.07, 6.45) is 6.73. The van der Waals surface area contributed by atoms with Crippen molar-refractivity contribution in [2.24, 2.45) is 5.92 Å². The van der Waals surface area contributed by atoms with E-state index < -0.39 is 0 Å². The number of ether oxygens (including phenoxy) is 1. The highest BCUT2D eigenvalue weighted by molar-refractivity contribution is 5.27. The molecule has 0 spiro atoms. The van der Waals surface area contributed by atoms with E-state index in [4.69, 9.17) is 4.74 Å². The van der Waals surface area contributed by atoms with Gasteiger partial charge in [-0.2, -0.15) is 0 Å². The van der Waals surface area contributed by atoms with Crippen LogP contribution in [0.4, 0.5) is 0 Å². The largest absolute Gasteiger partial charge is 0.497 e. The van der Waals surface area contributed by atoms with Gasteiger partial charge < -0.3 is 4.74 Å². The van der Waals surface area contributed by atoms with Gasteiger partial charge in [0.2, 0.25) is 0 Å². The summed E-state index contributed by atoms with van der Waals surface area (Å²) in [6.45, 7) is 4.41. The average molecular weight is 204 g/mol. The van der Waals surface area contributed by atoms with E-state index in [2.05, 4.69) is 38.1 Å². The molecule has 0 fully saturated rings. The molecular formula is C14H20O. The molecule has 1 atom stereocenters. The van der Waals surface area contributed by atoms with Gasteiger partial charge in [-0.05, 0) is 36.5 Å². The Labute approximate surface area is 92.8 Å². The summed E-state index contributed by atoms with van der Waals surface area (Å²) in [5.41, 5.74) is 1.36. The van der Waals surface area contributed by atoms with Crippen LogP contribution in [0, 0.1) is 5.92 Å². The van der Waals surface area contributed by atoms with Crippen molar-refractivity contribution in [3.8, 4) is 5.75 Å². The number of hydrogen-bond donors (Lipinski definition) is 0. The minimum atomic E-state index is 0.610. The lowest BCUT2D eigenvalue weighted by Crippen LogP contribution is -1.95. The molecule has 1 heteroatoms. The molecule has 0 N–H and O–H groups in total. The number of hydrogen-bond acceptors (Lipinski definition) is 1. The Kier molecular flexibility index (Phi) is 4.96. The van der Waals surface area contributed by atoms with Crippen molar-refractivity contribution in [3.05, 3.63) is 42.0 Å². The fourth-order valence-corrected chi connectivity index (χ4v) is 1.57. The van der Waals surface area contributed by atoms with Gasteiger partial charge in [-0.1, -0.05) is 38.1 Å². The average Bonchev–Trinajstić information content (AvgIpc) is 2.27. The first kappa shape index (κ1) is 11.8. The van der Waals surface area contributed by atoms with Crippen LogP contribution in [0.2, 0.25) is 0 Å². The molecule has 0 saturated heterocycles. The third-order valence-electron chi connectivity index (χ3n) is 2.42. The molecule has 15 heavy (non-hydrogen) atoms. The Balaban J connectivity index is 2.53. The predicted octanol–water partition coefficient (Wildman–Crippen LogP) is 3.84. The van der Waals surface area contributed by atoms with Crippen LogP contribution >= 0.6 is 0 Å². The SMILES string of the molecule is CC/C=C\C(C)Cc1ccc(OC)cc1. The lowest BCUT2D eigenvalue weighted by atomic mass is 10.0. The fourth-order valence-electron chi connectivity index (χ4n) is 1.57. The van der Waals surface area contributed by atoms with Crippen molar-refractivity contribution in [2.75, 3.05) is 7.11 Å². The van der Waals surface area contributed by atoms with Crippen LogP contribution < -0.4 is 4.74 Å². The molecule has 0 aliphatic rings. The van der Waals surface area contributed by atoms with Crippen molar-refractivity contribution >= 4 is 0 Å². The predicted molar refractivity (Wildman–Crippen MR) is 65.3 cm³/mol. The first-order valence-electron chi connectivity index (χ1n) is 5.55. The van der Waals surface area contributed by atoms with E-state index in [1.54, 1.807) is 7.11 Å².